The molecule has 0 aliphatic carbocycles. The van der Waals surface area contributed by atoms with Crippen LogP contribution in [0.1, 0.15) is 22.8 Å². The smallest absolute Gasteiger partial charge is 0.261 e. The summed E-state index contributed by atoms with van der Waals surface area (Å²) in [5, 5.41) is 2.79. The highest BCUT2D eigenvalue weighted by Gasteiger charge is 2.15. The molecule has 0 aliphatic rings. The third kappa shape index (κ3) is 7.36. The van der Waals surface area contributed by atoms with Crippen LogP contribution in [0.15, 0.2) is 106 Å². The molecule has 196 valence electrons. The molecule has 0 saturated heterocycles. The average Bonchev–Trinajstić information content (AvgIpc) is 2.91. The van der Waals surface area contributed by atoms with Gasteiger partial charge in [-0.25, -0.2) is 8.42 Å². The van der Waals surface area contributed by atoms with Crippen LogP contribution in [-0.4, -0.2) is 27.5 Å². The number of rotatable bonds is 11. The number of carbonyl (C=O) groups excluding carboxylic acids is 1. The lowest BCUT2D eigenvalue weighted by atomic mass is 10.1. The van der Waals surface area contributed by atoms with Crippen molar-refractivity contribution >= 4 is 43.2 Å². The van der Waals surface area contributed by atoms with Gasteiger partial charge in [-0.2, -0.15) is 0 Å². The molecule has 4 aromatic carbocycles. The quantitative estimate of drug-likeness (QED) is 0.206. The Morgan fingerprint density at radius 3 is 2.18 bits per heavy atom. The molecule has 7 nitrogen and oxygen atoms in total. The minimum atomic E-state index is -3.80. The lowest BCUT2D eigenvalue weighted by Crippen LogP contribution is -2.14. The van der Waals surface area contributed by atoms with Crippen LogP contribution in [0.4, 0.5) is 11.4 Å². The maximum atomic E-state index is 12.8. The largest absolute Gasteiger partial charge is 0.494 e. The third-order valence-electron chi connectivity index (χ3n) is 5.53. The Morgan fingerprint density at radius 2 is 1.53 bits per heavy atom. The van der Waals surface area contributed by atoms with Gasteiger partial charge in [0.2, 0.25) is 0 Å². The van der Waals surface area contributed by atoms with Crippen LogP contribution in [0.5, 0.6) is 11.5 Å². The van der Waals surface area contributed by atoms with E-state index in [0.717, 1.165) is 6.42 Å². The van der Waals surface area contributed by atoms with E-state index >= 15 is 0 Å². The summed E-state index contributed by atoms with van der Waals surface area (Å²) in [7, 11) is -3.80. The van der Waals surface area contributed by atoms with Gasteiger partial charge in [-0.05, 0) is 95.1 Å². The topological polar surface area (TPSA) is 93.7 Å². The van der Waals surface area contributed by atoms with E-state index in [1.165, 1.54) is 17.7 Å². The minimum absolute atomic E-state index is 0.0733. The number of halogens is 1. The van der Waals surface area contributed by atoms with Crippen LogP contribution in [0.2, 0.25) is 0 Å². The molecule has 0 spiro atoms. The normalized spacial score (nSPS) is 11.0. The molecule has 0 bridgehead atoms. The first-order chi connectivity index (χ1) is 18.3. The van der Waals surface area contributed by atoms with Gasteiger partial charge in [0, 0.05) is 23.4 Å². The summed E-state index contributed by atoms with van der Waals surface area (Å²) in [6, 6.07) is 27.8. The van der Waals surface area contributed by atoms with Gasteiger partial charge >= 0.3 is 0 Å². The van der Waals surface area contributed by atoms with E-state index in [1.54, 1.807) is 54.6 Å². The fraction of sp³-hybridized carbons (Fsp3) is 0.138. The van der Waals surface area contributed by atoms with E-state index < -0.39 is 10.0 Å². The van der Waals surface area contributed by atoms with Crippen molar-refractivity contribution in [3.8, 4) is 11.5 Å². The molecular formula is C29H27BrN2O5S. The standard InChI is InChI=1S/C29H27BrN2O5S/c1-2-36-25-13-9-24(10-14-25)32-38(34,35)26-15-11-23(12-16-26)31-29(33)22-8-17-28(27(30)20-22)37-19-18-21-6-4-3-5-7-21/h3-17,20,32H,2,18-19H2,1H3,(H,31,33). The Kier molecular flexibility index (Phi) is 9.04. The minimum Gasteiger partial charge on any atom is -0.494 e. The molecule has 0 aromatic heterocycles. The summed E-state index contributed by atoms with van der Waals surface area (Å²) < 4.78 is 39.9. The lowest BCUT2D eigenvalue weighted by Gasteiger charge is -2.11. The summed E-state index contributed by atoms with van der Waals surface area (Å²) >= 11 is 3.47. The molecule has 0 heterocycles. The molecular weight excluding hydrogens is 568 g/mol. The summed E-state index contributed by atoms with van der Waals surface area (Å²) in [6.07, 6.45) is 0.775. The van der Waals surface area contributed by atoms with Crippen LogP contribution in [-0.2, 0) is 16.4 Å². The van der Waals surface area contributed by atoms with E-state index in [9.17, 15) is 13.2 Å². The Bertz CT molecular complexity index is 1480. The van der Waals surface area contributed by atoms with E-state index in [1.807, 2.05) is 37.3 Å². The van der Waals surface area contributed by atoms with Gasteiger partial charge in [0.1, 0.15) is 11.5 Å². The first kappa shape index (κ1) is 27.2. The van der Waals surface area contributed by atoms with Crippen molar-refractivity contribution in [1.29, 1.82) is 0 Å². The second-order valence-electron chi connectivity index (χ2n) is 8.27. The van der Waals surface area contributed by atoms with Crippen molar-refractivity contribution in [2.45, 2.75) is 18.2 Å². The maximum Gasteiger partial charge on any atom is 0.261 e. The van der Waals surface area contributed by atoms with Gasteiger partial charge in [-0.15, -0.1) is 0 Å². The van der Waals surface area contributed by atoms with Crippen LogP contribution in [0.3, 0.4) is 0 Å². The molecule has 2 N–H and O–H groups in total. The number of hydrogen-bond donors (Lipinski definition) is 2. The zero-order valence-electron chi connectivity index (χ0n) is 20.7. The van der Waals surface area contributed by atoms with Crippen molar-refractivity contribution in [3.63, 3.8) is 0 Å². The highest BCUT2D eigenvalue weighted by molar-refractivity contribution is 9.10. The van der Waals surface area contributed by atoms with E-state index in [-0.39, 0.29) is 10.8 Å². The maximum absolute atomic E-state index is 12.8. The molecule has 0 radical (unpaired) electrons. The predicted octanol–water partition coefficient (Wildman–Crippen LogP) is 6.52. The second kappa shape index (κ2) is 12.6. The van der Waals surface area contributed by atoms with Gasteiger partial charge in [0.15, 0.2) is 0 Å². The third-order valence-corrected chi connectivity index (χ3v) is 7.54. The lowest BCUT2D eigenvalue weighted by molar-refractivity contribution is 0.102. The number of nitrogens with one attached hydrogen (secondary N) is 2. The van der Waals surface area contributed by atoms with E-state index in [2.05, 4.69) is 26.0 Å². The van der Waals surface area contributed by atoms with Gasteiger partial charge in [-0.3, -0.25) is 9.52 Å². The number of carbonyl (C=O) groups is 1. The second-order valence-corrected chi connectivity index (χ2v) is 10.8. The van der Waals surface area contributed by atoms with Crippen molar-refractivity contribution in [1.82, 2.24) is 0 Å². The first-order valence-electron chi connectivity index (χ1n) is 12.0. The SMILES string of the molecule is CCOc1ccc(NS(=O)(=O)c2ccc(NC(=O)c3ccc(OCCc4ccccc4)c(Br)c3)cc2)cc1. The Labute approximate surface area is 231 Å². The van der Waals surface area contributed by atoms with Crippen molar-refractivity contribution in [2.75, 3.05) is 23.3 Å². The zero-order chi connectivity index (χ0) is 27.0. The molecule has 0 fully saturated rings. The molecule has 9 heteroatoms. The molecule has 38 heavy (non-hydrogen) atoms. The molecule has 0 unspecified atom stereocenters. The average molecular weight is 596 g/mol. The fourth-order valence-corrected chi connectivity index (χ4v) is 5.16. The summed E-state index contributed by atoms with van der Waals surface area (Å²) in [6.45, 7) is 2.92. The Hall–Kier alpha value is -3.82. The number of anilines is 2. The molecule has 0 saturated carbocycles. The van der Waals surface area contributed by atoms with Gasteiger partial charge in [0.05, 0.1) is 22.6 Å². The van der Waals surface area contributed by atoms with E-state index in [4.69, 9.17) is 9.47 Å². The first-order valence-corrected chi connectivity index (χ1v) is 14.2. The van der Waals surface area contributed by atoms with Crippen LogP contribution in [0, 0.1) is 0 Å². The van der Waals surface area contributed by atoms with Gasteiger partial charge in [-0.1, -0.05) is 30.3 Å². The van der Waals surface area contributed by atoms with Gasteiger partial charge < -0.3 is 14.8 Å². The predicted molar refractivity (Wildman–Crippen MR) is 153 cm³/mol. The van der Waals surface area contributed by atoms with Crippen molar-refractivity contribution in [2.24, 2.45) is 0 Å². The number of benzene rings is 4. The van der Waals surface area contributed by atoms with Crippen molar-refractivity contribution < 1.29 is 22.7 Å². The molecule has 4 rings (SSSR count). The number of sulfonamides is 1. The van der Waals surface area contributed by atoms with Crippen molar-refractivity contribution in [3.05, 3.63) is 113 Å². The number of amides is 1. The highest BCUT2D eigenvalue weighted by atomic mass is 79.9. The van der Waals surface area contributed by atoms with E-state index in [0.29, 0.717) is 46.1 Å². The molecule has 0 atom stereocenters. The highest BCUT2D eigenvalue weighted by Crippen LogP contribution is 2.27. The van der Waals surface area contributed by atoms with Gasteiger partial charge in [0.25, 0.3) is 15.9 Å². The van der Waals surface area contributed by atoms with Crippen LogP contribution in [0.25, 0.3) is 0 Å². The molecule has 0 aliphatic heterocycles. The Balaban J connectivity index is 1.34. The van der Waals surface area contributed by atoms with Crippen LogP contribution >= 0.6 is 15.9 Å². The summed E-state index contributed by atoms with van der Waals surface area (Å²) in [5.41, 5.74) is 2.50. The number of ether oxygens (including phenoxy) is 2. The Morgan fingerprint density at radius 1 is 0.842 bits per heavy atom. The monoisotopic (exact) mass is 594 g/mol. The summed E-state index contributed by atoms with van der Waals surface area (Å²) in [4.78, 5) is 12.8. The zero-order valence-corrected chi connectivity index (χ0v) is 23.1. The molecule has 4 aromatic rings. The summed E-state index contributed by atoms with van der Waals surface area (Å²) in [5.74, 6) is 0.976. The number of hydrogen-bond acceptors (Lipinski definition) is 5. The molecule has 1 amide bonds. The van der Waals surface area contributed by atoms with Crippen LogP contribution < -0.4 is 19.5 Å². The fourth-order valence-electron chi connectivity index (χ4n) is 3.60.